The van der Waals surface area contributed by atoms with E-state index in [9.17, 15) is 9.59 Å². The molecular weight excluding hydrogens is 404 g/mol. The Morgan fingerprint density at radius 1 is 1.23 bits per heavy atom. The number of nitrogens with zero attached hydrogens (tertiary/aromatic N) is 3. The van der Waals surface area contributed by atoms with Gasteiger partial charge in [-0.3, -0.25) is 9.59 Å². The van der Waals surface area contributed by atoms with E-state index in [1.54, 1.807) is 28.4 Å². The Balaban J connectivity index is 1.29. The summed E-state index contributed by atoms with van der Waals surface area (Å²) in [6.45, 7) is 3.73. The lowest BCUT2D eigenvalue weighted by Gasteiger charge is -2.30. The zero-order valence-electron chi connectivity index (χ0n) is 16.8. The third-order valence-electron chi connectivity index (χ3n) is 5.23. The molecule has 2 amide bonds. The molecular formula is C21H24N4O4S. The minimum Gasteiger partial charge on any atom is -0.361 e. The molecule has 1 fully saturated rings. The average Bonchev–Trinajstić information content (AvgIpc) is 3.54. The Kier molecular flexibility index (Phi) is 6.27. The van der Waals surface area contributed by atoms with Gasteiger partial charge in [0.2, 0.25) is 5.76 Å². The number of aryl methyl sites for hydroxylation is 1. The predicted octanol–water partition coefficient (Wildman–Crippen LogP) is 3.63. The molecule has 0 saturated carbocycles. The SMILES string of the molecule is CCCc1cc(C(=O)N2CCC(c3cc(C(=O)NCc4cccs4)on3)CC2)no1. The minimum absolute atomic E-state index is 0.103. The lowest BCUT2D eigenvalue weighted by Crippen LogP contribution is -2.38. The zero-order chi connectivity index (χ0) is 20.9. The van der Waals surface area contributed by atoms with Crippen LogP contribution in [0.3, 0.4) is 0 Å². The second-order valence-electron chi connectivity index (χ2n) is 7.37. The van der Waals surface area contributed by atoms with Gasteiger partial charge in [-0.15, -0.1) is 11.3 Å². The van der Waals surface area contributed by atoms with Crippen molar-refractivity contribution in [1.29, 1.82) is 0 Å². The first kappa shape index (κ1) is 20.3. The van der Waals surface area contributed by atoms with E-state index in [-0.39, 0.29) is 23.5 Å². The molecule has 0 aromatic carbocycles. The van der Waals surface area contributed by atoms with Crippen LogP contribution in [0.2, 0.25) is 0 Å². The first-order chi connectivity index (χ1) is 14.6. The van der Waals surface area contributed by atoms with Gasteiger partial charge in [0.25, 0.3) is 11.8 Å². The van der Waals surface area contributed by atoms with Crippen LogP contribution in [0.1, 0.15) is 69.5 Å². The van der Waals surface area contributed by atoms with E-state index in [2.05, 4.69) is 22.6 Å². The summed E-state index contributed by atoms with van der Waals surface area (Å²) in [6.07, 6.45) is 3.24. The fraction of sp³-hybridized carbons (Fsp3) is 0.429. The number of piperidine rings is 1. The molecule has 1 N–H and O–H groups in total. The Morgan fingerprint density at radius 3 is 2.80 bits per heavy atom. The van der Waals surface area contributed by atoms with Crippen molar-refractivity contribution in [2.45, 2.75) is 45.1 Å². The molecule has 1 aliphatic rings. The highest BCUT2D eigenvalue weighted by Crippen LogP contribution is 2.28. The van der Waals surface area contributed by atoms with Crippen LogP contribution in [-0.4, -0.2) is 40.1 Å². The molecule has 1 saturated heterocycles. The van der Waals surface area contributed by atoms with E-state index in [4.69, 9.17) is 9.05 Å². The molecule has 3 aromatic heterocycles. The maximum absolute atomic E-state index is 12.6. The van der Waals surface area contributed by atoms with E-state index in [0.717, 1.165) is 42.0 Å². The van der Waals surface area contributed by atoms with Gasteiger partial charge in [0.1, 0.15) is 5.76 Å². The molecule has 30 heavy (non-hydrogen) atoms. The Hall–Kier alpha value is -2.94. The molecule has 4 rings (SSSR count). The summed E-state index contributed by atoms with van der Waals surface area (Å²) in [7, 11) is 0. The van der Waals surface area contributed by atoms with Gasteiger partial charge in [0, 0.05) is 42.4 Å². The summed E-state index contributed by atoms with van der Waals surface area (Å²) in [5, 5.41) is 12.8. The first-order valence-electron chi connectivity index (χ1n) is 10.2. The fourth-order valence-corrected chi connectivity index (χ4v) is 4.22. The van der Waals surface area contributed by atoms with Gasteiger partial charge in [-0.05, 0) is 30.7 Å². The number of amides is 2. The third-order valence-corrected chi connectivity index (χ3v) is 6.11. The van der Waals surface area contributed by atoms with Crippen LogP contribution in [0.4, 0.5) is 0 Å². The molecule has 0 spiro atoms. The van der Waals surface area contributed by atoms with Crippen molar-refractivity contribution in [3.05, 3.63) is 57.4 Å². The maximum Gasteiger partial charge on any atom is 0.290 e. The van der Waals surface area contributed by atoms with Crippen molar-refractivity contribution in [3.8, 4) is 0 Å². The number of aromatic nitrogens is 2. The Bertz CT molecular complexity index is 987. The van der Waals surface area contributed by atoms with Crippen molar-refractivity contribution >= 4 is 23.2 Å². The molecule has 4 heterocycles. The zero-order valence-corrected chi connectivity index (χ0v) is 17.6. The van der Waals surface area contributed by atoms with Gasteiger partial charge in [-0.2, -0.15) is 0 Å². The topological polar surface area (TPSA) is 101 Å². The highest BCUT2D eigenvalue weighted by Gasteiger charge is 2.28. The first-order valence-corrected chi connectivity index (χ1v) is 11.0. The normalized spacial score (nSPS) is 14.8. The van der Waals surface area contributed by atoms with Crippen LogP contribution in [0, 0.1) is 0 Å². The van der Waals surface area contributed by atoms with Gasteiger partial charge in [-0.1, -0.05) is 23.3 Å². The van der Waals surface area contributed by atoms with Crippen LogP contribution in [0.15, 0.2) is 38.7 Å². The summed E-state index contributed by atoms with van der Waals surface area (Å²) in [4.78, 5) is 27.8. The second-order valence-corrected chi connectivity index (χ2v) is 8.41. The summed E-state index contributed by atoms with van der Waals surface area (Å²) in [5.74, 6) is 0.732. The number of carbonyl (C=O) groups is 2. The maximum atomic E-state index is 12.6. The van der Waals surface area contributed by atoms with E-state index >= 15 is 0 Å². The quantitative estimate of drug-likeness (QED) is 0.617. The van der Waals surface area contributed by atoms with Gasteiger partial charge in [0.05, 0.1) is 12.2 Å². The average molecular weight is 429 g/mol. The standard InChI is InChI=1S/C21H24N4O4S/c1-2-4-15-11-18(24-28-15)21(27)25-8-6-14(7-9-25)17-12-19(29-23-17)20(26)22-13-16-5-3-10-30-16/h3,5,10-12,14H,2,4,6-9,13H2,1H3,(H,22,26). The number of nitrogens with one attached hydrogen (secondary N) is 1. The molecule has 3 aromatic rings. The van der Waals surface area contributed by atoms with Gasteiger partial charge < -0.3 is 19.3 Å². The van der Waals surface area contributed by atoms with E-state index in [0.29, 0.717) is 25.3 Å². The molecule has 0 bridgehead atoms. The largest absolute Gasteiger partial charge is 0.361 e. The lowest BCUT2D eigenvalue weighted by atomic mass is 9.93. The smallest absolute Gasteiger partial charge is 0.290 e. The van der Waals surface area contributed by atoms with E-state index in [1.807, 2.05) is 17.5 Å². The number of hydrogen-bond donors (Lipinski definition) is 1. The van der Waals surface area contributed by atoms with Crippen molar-refractivity contribution in [2.24, 2.45) is 0 Å². The minimum atomic E-state index is -0.274. The molecule has 1 aliphatic heterocycles. The van der Waals surface area contributed by atoms with Crippen LogP contribution < -0.4 is 5.32 Å². The third kappa shape index (κ3) is 4.62. The summed E-state index contributed by atoms with van der Waals surface area (Å²) in [6, 6.07) is 7.36. The van der Waals surface area contributed by atoms with Gasteiger partial charge in [-0.25, -0.2) is 0 Å². The van der Waals surface area contributed by atoms with Crippen molar-refractivity contribution in [1.82, 2.24) is 20.5 Å². The number of hydrogen-bond acceptors (Lipinski definition) is 7. The predicted molar refractivity (Wildman–Crippen MR) is 110 cm³/mol. The summed E-state index contributed by atoms with van der Waals surface area (Å²) < 4.78 is 10.5. The lowest BCUT2D eigenvalue weighted by molar-refractivity contribution is 0.0700. The van der Waals surface area contributed by atoms with Crippen LogP contribution in [0.5, 0.6) is 0 Å². The number of thiophene rings is 1. The molecule has 0 atom stereocenters. The van der Waals surface area contributed by atoms with Crippen LogP contribution in [-0.2, 0) is 13.0 Å². The molecule has 9 heteroatoms. The highest BCUT2D eigenvalue weighted by atomic mass is 32.1. The summed E-state index contributed by atoms with van der Waals surface area (Å²) in [5.41, 5.74) is 1.12. The Morgan fingerprint density at radius 2 is 2.07 bits per heavy atom. The second kappa shape index (κ2) is 9.25. The van der Waals surface area contributed by atoms with E-state index < -0.39 is 0 Å². The molecule has 8 nitrogen and oxygen atoms in total. The molecule has 0 aliphatic carbocycles. The molecule has 158 valence electrons. The Labute approximate surface area is 178 Å². The number of carbonyl (C=O) groups excluding carboxylic acids is 2. The fourth-order valence-electron chi connectivity index (χ4n) is 3.57. The number of likely N-dealkylation sites (tertiary alicyclic amines) is 1. The van der Waals surface area contributed by atoms with Gasteiger partial charge in [0.15, 0.2) is 5.69 Å². The molecule has 0 radical (unpaired) electrons. The van der Waals surface area contributed by atoms with Crippen molar-refractivity contribution < 1.29 is 18.6 Å². The van der Waals surface area contributed by atoms with Gasteiger partial charge >= 0.3 is 0 Å². The monoisotopic (exact) mass is 428 g/mol. The molecule has 0 unspecified atom stereocenters. The van der Waals surface area contributed by atoms with Crippen LogP contribution >= 0.6 is 11.3 Å². The van der Waals surface area contributed by atoms with Crippen LogP contribution in [0.25, 0.3) is 0 Å². The number of rotatable bonds is 7. The van der Waals surface area contributed by atoms with E-state index in [1.165, 1.54) is 0 Å². The highest BCUT2D eigenvalue weighted by molar-refractivity contribution is 7.09. The van der Waals surface area contributed by atoms with Crippen molar-refractivity contribution in [3.63, 3.8) is 0 Å². The summed E-state index contributed by atoms with van der Waals surface area (Å²) >= 11 is 1.59. The van der Waals surface area contributed by atoms with Crippen molar-refractivity contribution in [2.75, 3.05) is 13.1 Å².